The van der Waals surface area contributed by atoms with Crippen molar-refractivity contribution in [3.63, 3.8) is 0 Å². The van der Waals surface area contributed by atoms with Crippen LogP contribution in [-0.4, -0.2) is 34.8 Å². The molecule has 1 aliphatic heterocycles. The molecule has 6 heteroatoms. The van der Waals surface area contributed by atoms with Gasteiger partial charge in [0.05, 0.1) is 16.7 Å². The summed E-state index contributed by atoms with van der Waals surface area (Å²) in [6.45, 7) is 3.51. The number of rotatable bonds is 3. The van der Waals surface area contributed by atoms with Crippen LogP contribution in [-0.2, 0) is 16.0 Å². The molecule has 0 aromatic carbocycles. The van der Waals surface area contributed by atoms with E-state index in [0.717, 1.165) is 68.7 Å². The molecule has 1 saturated carbocycles. The number of aromatic nitrogens is 1. The number of piperidine rings is 1. The van der Waals surface area contributed by atoms with Crippen LogP contribution in [0.25, 0.3) is 0 Å². The van der Waals surface area contributed by atoms with Gasteiger partial charge in [0.1, 0.15) is 0 Å². The van der Waals surface area contributed by atoms with Gasteiger partial charge in [0.25, 0.3) is 0 Å². The van der Waals surface area contributed by atoms with E-state index in [1.165, 1.54) is 11.3 Å². The van der Waals surface area contributed by atoms with Gasteiger partial charge in [-0.05, 0) is 51.9 Å². The maximum absolute atomic E-state index is 12.7. The summed E-state index contributed by atoms with van der Waals surface area (Å²) in [6.07, 6.45) is 8.07. The van der Waals surface area contributed by atoms with Crippen molar-refractivity contribution < 1.29 is 9.59 Å². The molecule has 0 unspecified atom stereocenters. The molecule has 2 fully saturated rings. The first-order valence-corrected chi connectivity index (χ1v) is 10.5. The van der Waals surface area contributed by atoms with Crippen LogP contribution in [0.3, 0.4) is 0 Å². The predicted molar refractivity (Wildman–Crippen MR) is 97.3 cm³/mol. The van der Waals surface area contributed by atoms with Crippen molar-refractivity contribution in [2.45, 2.75) is 64.3 Å². The molecule has 2 heterocycles. The minimum atomic E-state index is 0.0375. The van der Waals surface area contributed by atoms with E-state index in [0.29, 0.717) is 5.91 Å². The Morgan fingerprint density at radius 1 is 1.08 bits per heavy atom. The lowest BCUT2D eigenvalue weighted by atomic mass is 9.83. The second kappa shape index (κ2) is 7.06. The zero-order chi connectivity index (χ0) is 17.4. The molecule has 3 aliphatic rings. The third-order valence-corrected chi connectivity index (χ3v) is 7.06. The Morgan fingerprint density at radius 2 is 1.84 bits per heavy atom. The number of nitrogens with zero attached hydrogens (tertiary/aromatic N) is 2. The van der Waals surface area contributed by atoms with Crippen LogP contribution in [0.2, 0.25) is 0 Å². The van der Waals surface area contributed by atoms with E-state index < -0.39 is 0 Å². The molecular formula is C19H27N3O2S. The number of fused-ring (bicyclic) bond motifs is 1. The summed E-state index contributed by atoms with van der Waals surface area (Å²) in [5.74, 6) is 0.772. The van der Waals surface area contributed by atoms with Crippen molar-refractivity contribution in [2.24, 2.45) is 11.8 Å². The van der Waals surface area contributed by atoms with Gasteiger partial charge in [-0.3, -0.25) is 9.59 Å². The molecule has 0 radical (unpaired) electrons. The lowest BCUT2D eigenvalue weighted by Gasteiger charge is -2.36. The number of nitrogens with one attached hydrogen (secondary N) is 1. The van der Waals surface area contributed by atoms with Gasteiger partial charge in [-0.15, -0.1) is 11.3 Å². The van der Waals surface area contributed by atoms with E-state index >= 15 is 0 Å². The molecule has 4 rings (SSSR count). The largest absolute Gasteiger partial charge is 0.347 e. The molecule has 1 N–H and O–H groups in total. The number of thiazole rings is 1. The highest BCUT2D eigenvalue weighted by atomic mass is 32.1. The zero-order valence-electron chi connectivity index (χ0n) is 14.9. The highest BCUT2D eigenvalue weighted by molar-refractivity contribution is 7.11. The van der Waals surface area contributed by atoms with Gasteiger partial charge in [-0.25, -0.2) is 4.98 Å². The number of likely N-dealkylation sites (tertiary alicyclic amines) is 1. The fraction of sp³-hybridized carbons (Fsp3) is 0.737. The summed E-state index contributed by atoms with van der Waals surface area (Å²) in [5, 5.41) is 4.34. The minimum absolute atomic E-state index is 0.0375. The van der Waals surface area contributed by atoms with Gasteiger partial charge in [0, 0.05) is 29.8 Å². The van der Waals surface area contributed by atoms with Gasteiger partial charge >= 0.3 is 0 Å². The normalized spacial score (nSPS) is 24.5. The fourth-order valence-corrected chi connectivity index (χ4v) is 5.29. The number of aryl methyl sites for hydroxylation is 2. The Balaban J connectivity index is 1.31. The summed E-state index contributed by atoms with van der Waals surface area (Å²) >= 11 is 1.76. The van der Waals surface area contributed by atoms with Gasteiger partial charge in [0.15, 0.2) is 0 Å². The molecular weight excluding hydrogens is 334 g/mol. The van der Waals surface area contributed by atoms with Crippen molar-refractivity contribution in [1.82, 2.24) is 15.2 Å². The Kier molecular flexibility index (Phi) is 4.80. The lowest BCUT2D eigenvalue weighted by molar-refractivity contribution is -0.141. The smallest absolute Gasteiger partial charge is 0.225 e. The average molecular weight is 362 g/mol. The second-order valence-corrected chi connectivity index (χ2v) is 9.01. The predicted octanol–water partition coefficient (Wildman–Crippen LogP) is 2.98. The molecule has 1 aromatic rings. The monoisotopic (exact) mass is 361 g/mol. The highest BCUT2D eigenvalue weighted by Crippen LogP contribution is 2.34. The van der Waals surface area contributed by atoms with Gasteiger partial charge in [-0.2, -0.15) is 0 Å². The first-order chi connectivity index (χ1) is 12.1. The molecule has 2 amide bonds. The third kappa shape index (κ3) is 3.46. The van der Waals surface area contributed by atoms with E-state index in [-0.39, 0.29) is 23.8 Å². The molecule has 1 saturated heterocycles. The zero-order valence-corrected chi connectivity index (χ0v) is 15.7. The second-order valence-electron chi connectivity index (χ2n) is 7.72. The average Bonchev–Trinajstić information content (AvgIpc) is 2.94. The molecule has 136 valence electrons. The summed E-state index contributed by atoms with van der Waals surface area (Å²) in [7, 11) is 0. The van der Waals surface area contributed by atoms with Crippen LogP contribution in [0.15, 0.2) is 0 Å². The van der Waals surface area contributed by atoms with Crippen molar-refractivity contribution in [1.29, 1.82) is 0 Å². The highest BCUT2D eigenvalue weighted by Gasteiger charge is 2.34. The summed E-state index contributed by atoms with van der Waals surface area (Å²) < 4.78 is 0. The molecule has 1 atom stereocenters. The van der Waals surface area contributed by atoms with Gasteiger partial charge in [0.2, 0.25) is 11.8 Å². The van der Waals surface area contributed by atoms with Gasteiger partial charge in [-0.1, -0.05) is 6.42 Å². The fourth-order valence-electron chi connectivity index (χ4n) is 4.25. The molecule has 25 heavy (non-hydrogen) atoms. The third-order valence-electron chi connectivity index (χ3n) is 6.01. The van der Waals surface area contributed by atoms with Crippen LogP contribution in [0, 0.1) is 18.8 Å². The quantitative estimate of drug-likeness (QED) is 0.900. The topological polar surface area (TPSA) is 62.3 Å². The van der Waals surface area contributed by atoms with Crippen molar-refractivity contribution >= 4 is 23.2 Å². The number of carbonyl (C=O) groups excluding carboxylic acids is 2. The van der Waals surface area contributed by atoms with Crippen molar-refractivity contribution in [3.05, 3.63) is 15.6 Å². The number of amides is 2. The first-order valence-electron chi connectivity index (χ1n) is 9.67. The van der Waals surface area contributed by atoms with Crippen LogP contribution < -0.4 is 5.32 Å². The van der Waals surface area contributed by atoms with Crippen LogP contribution in [0.1, 0.15) is 66.6 Å². The molecule has 5 nitrogen and oxygen atoms in total. The molecule has 2 aliphatic carbocycles. The Morgan fingerprint density at radius 3 is 2.52 bits per heavy atom. The molecule has 0 bridgehead atoms. The van der Waals surface area contributed by atoms with E-state index in [1.54, 1.807) is 11.3 Å². The van der Waals surface area contributed by atoms with Crippen LogP contribution in [0.5, 0.6) is 0 Å². The van der Waals surface area contributed by atoms with E-state index in [9.17, 15) is 9.59 Å². The Bertz CT molecular complexity index is 660. The van der Waals surface area contributed by atoms with E-state index in [2.05, 4.69) is 10.3 Å². The van der Waals surface area contributed by atoms with E-state index in [4.69, 9.17) is 0 Å². The minimum Gasteiger partial charge on any atom is -0.347 e. The molecule has 0 spiro atoms. The summed E-state index contributed by atoms with van der Waals surface area (Å²) in [4.78, 5) is 33.0. The summed E-state index contributed by atoms with van der Waals surface area (Å²) in [6, 6.07) is 0.0795. The number of hydrogen-bond donors (Lipinski definition) is 1. The standard InChI is InChI=1S/C19H27N3O2S/c1-12-20-17-15(6-3-7-16(17)25-12)21-18(23)13-8-10-22(11-9-13)19(24)14-4-2-5-14/h13-15H,2-11H2,1H3,(H,21,23)/t15-/m0/s1. The van der Waals surface area contributed by atoms with Crippen LogP contribution in [0.4, 0.5) is 0 Å². The number of carbonyl (C=O) groups is 2. The Hall–Kier alpha value is -1.43. The lowest BCUT2D eigenvalue weighted by Crippen LogP contribution is -2.46. The first kappa shape index (κ1) is 17.0. The maximum atomic E-state index is 12.7. The molecule has 1 aromatic heterocycles. The SMILES string of the molecule is Cc1nc2c(s1)CCC[C@@H]2NC(=O)C1CCN(C(=O)C2CCC2)CC1. The van der Waals surface area contributed by atoms with E-state index in [1.807, 2.05) is 11.8 Å². The maximum Gasteiger partial charge on any atom is 0.225 e. The van der Waals surface area contributed by atoms with Crippen molar-refractivity contribution in [3.8, 4) is 0 Å². The summed E-state index contributed by atoms with van der Waals surface area (Å²) in [5.41, 5.74) is 1.10. The van der Waals surface area contributed by atoms with Crippen molar-refractivity contribution in [2.75, 3.05) is 13.1 Å². The van der Waals surface area contributed by atoms with Gasteiger partial charge < -0.3 is 10.2 Å². The number of hydrogen-bond acceptors (Lipinski definition) is 4. The van der Waals surface area contributed by atoms with Crippen LogP contribution >= 0.6 is 11.3 Å². The Labute approximate surface area is 153 Å².